The highest BCUT2D eigenvalue weighted by Crippen LogP contribution is 2.49. The molecule has 2 aromatic heterocycles. The van der Waals surface area contributed by atoms with Crippen LogP contribution in [-0.4, -0.2) is 14.5 Å². The van der Waals surface area contributed by atoms with Crippen LogP contribution in [0.15, 0.2) is 104 Å². The molecule has 0 radical (unpaired) electrons. The summed E-state index contributed by atoms with van der Waals surface area (Å²) < 4.78 is 2.11. The van der Waals surface area contributed by atoms with Gasteiger partial charge in [0.1, 0.15) is 0 Å². The van der Waals surface area contributed by atoms with Crippen LogP contribution in [-0.2, 0) is 0 Å². The lowest BCUT2D eigenvalue weighted by atomic mass is 9.92. The molecule has 3 nitrogen and oxygen atoms in total. The van der Waals surface area contributed by atoms with Crippen LogP contribution in [0.3, 0.4) is 0 Å². The first-order valence-corrected chi connectivity index (χ1v) is 10.4. The molecule has 6 aromatic rings. The summed E-state index contributed by atoms with van der Waals surface area (Å²) in [6, 6.07) is 30.3. The summed E-state index contributed by atoms with van der Waals surface area (Å²) in [6.45, 7) is 0. The molecule has 0 amide bonds. The zero-order valence-electron chi connectivity index (χ0n) is 16.7. The average molecular weight is 395 g/mol. The quantitative estimate of drug-likeness (QED) is 0.303. The molecule has 7 rings (SSSR count). The van der Waals surface area contributed by atoms with Gasteiger partial charge in [-0.05, 0) is 62.9 Å². The summed E-state index contributed by atoms with van der Waals surface area (Å²) >= 11 is 0. The summed E-state index contributed by atoms with van der Waals surface area (Å²) in [7, 11) is 0. The Kier molecular flexibility index (Phi) is 3.27. The average Bonchev–Trinajstić information content (AvgIpc) is 3.19. The molecule has 0 aliphatic heterocycles. The van der Waals surface area contributed by atoms with Crippen LogP contribution >= 0.6 is 0 Å². The van der Waals surface area contributed by atoms with E-state index in [1.54, 1.807) is 12.4 Å². The van der Waals surface area contributed by atoms with Crippen molar-refractivity contribution in [2.45, 2.75) is 0 Å². The molecular formula is C28H17N3. The predicted molar refractivity (Wildman–Crippen MR) is 126 cm³/mol. The molecule has 0 saturated heterocycles. The SMILES string of the molecule is c1cnc(-n2cc3c4c(cccc42)-c2ccccc2-c2cc4ccccc4cc2-3)nc1. The lowest BCUT2D eigenvalue weighted by Gasteiger charge is -2.13. The number of hydrogen-bond acceptors (Lipinski definition) is 2. The summed E-state index contributed by atoms with van der Waals surface area (Å²) in [5.41, 5.74) is 8.63. The molecule has 0 atom stereocenters. The second-order valence-electron chi connectivity index (χ2n) is 7.95. The normalized spacial score (nSPS) is 11.9. The van der Waals surface area contributed by atoms with Crippen molar-refractivity contribution < 1.29 is 0 Å². The number of rotatable bonds is 1. The number of fused-ring (bicyclic) bond motifs is 6. The largest absolute Gasteiger partial charge is 0.285 e. The van der Waals surface area contributed by atoms with Crippen molar-refractivity contribution in [3.8, 4) is 39.3 Å². The maximum absolute atomic E-state index is 4.52. The number of hydrogen-bond donors (Lipinski definition) is 0. The first-order valence-electron chi connectivity index (χ1n) is 10.4. The first-order chi connectivity index (χ1) is 15.4. The van der Waals surface area contributed by atoms with Crippen LogP contribution in [0.1, 0.15) is 0 Å². The van der Waals surface area contributed by atoms with E-state index in [9.17, 15) is 0 Å². The fourth-order valence-electron chi connectivity index (χ4n) is 4.94. The summed E-state index contributed by atoms with van der Waals surface area (Å²) in [4.78, 5) is 9.04. The third kappa shape index (κ3) is 2.29. The highest BCUT2D eigenvalue weighted by Gasteiger charge is 2.24. The zero-order valence-corrected chi connectivity index (χ0v) is 16.7. The van der Waals surface area contributed by atoms with Gasteiger partial charge in [0.15, 0.2) is 0 Å². The van der Waals surface area contributed by atoms with Crippen molar-refractivity contribution in [2.24, 2.45) is 0 Å². The van der Waals surface area contributed by atoms with Gasteiger partial charge in [0.25, 0.3) is 0 Å². The molecule has 0 unspecified atom stereocenters. The Bertz CT molecular complexity index is 1630. The van der Waals surface area contributed by atoms with Gasteiger partial charge in [-0.3, -0.25) is 4.57 Å². The second kappa shape index (κ2) is 6.13. The van der Waals surface area contributed by atoms with Crippen LogP contribution in [0.2, 0.25) is 0 Å². The molecule has 1 aliphatic carbocycles. The van der Waals surface area contributed by atoms with Crippen LogP contribution in [0.25, 0.3) is 61.0 Å². The van der Waals surface area contributed by atoms with Crippen LogP contribution in [0.4, 0.5) is 0 Å². The van der Waals surface area contributed by atoms with E-state index in [1.807, 2.05) is 6.07 Å². The Morgan fingerprint density at radius 3 is 1.87 bits per heavy atom. The molecule has 4 aromatic carbocycles. The second-order valence-corrected chi connectivity index (χ2v) is 7.95. The Hall–Kier alpha value is -4.24. The minimum atomic E-state index is 0.687. The van der Waals surface area contributed by atoms with Crippen molar-refractivity contribution in [2.75, 3.05) is 0 Å². The van der Waals surface area contributed by atoms with Gasteiger partial charge in [-0.15, -0.1) is 0 Å². The molecule has 0 saturated carbocycles. The van der Waals surface area contributed by atoms with Crippen molar-refractivity contribution >= 4 is 21.7 Å². The van der Waals surface area contributed by atoms with Gasteiger partial charge in [-0.1, -0.05) is 60.7 Å². The third-order valence-corrected chi connectivity index (χ3v) is 6.28. The van der Waals surface area contributed by atoms with Gasteiger partial charge in [0.2, 0.25) is 5.95 Å². The van der Waals surface area contributed by atoms with Crippen molar-refractivity contribution in [3.05, 3.63) is 104 Å². The lowest BCUT2D eigenvalue weighted by Crippen LogP contribution is -1.98. The minimum absolute atomic E-state index is 0.687. The smallest absolute Gasteiger partial charge is 0.234 e. The zero-order chi connectivity index (χ0) is 20.4. The predicted octanol–water partition coefficient (Wildman–Crippen LogP) is 6.89. The van der Waals surface area contributed by atoms with Crippen molar-refractivity contribution in [1.29, 1.82) is 0 Å². The molecule has 0 spiro atoms. The molecule has 31 heavy (non-hydrogen) atoms. The highest BCUT2D eigenvalue weighted by atomic mass is 15.1. The Morgan fingerprint density at radius 2 is 1.13 bits per heavy atom. The van der Waals surface area contributed by atoms with Crippen LogP contribution in [0, 0.1) is 0 Å². The molecule has 0 fully saturated rings. The molecule has 0 N–H and O–H groups in total. The maximum Gasteiger partial charge on any atom is 0.234 e. The summed E-state index contributed by atoms with van der Waals surface area (Å²) in [5.74, 6) is 0.687. The van der Waals surface area contributed by atoms with E-state index in [0.717, 1.165) is 5.52 Å². The van der Waals surface area contributed by atoms with Gasteiger partial charge in [0.05, 0.1) is 5.52 Å². The van der Waals surface area contributed by atoms with Gasteiger partial charge in [-0.2, -0.15) is 0 Å². The van der Waals surface area contributed by atoms with E-state index in [-0.39, 0.29) is 0 Å². The van der Waals surface area contributed by atoms with Crippen molar-refractivity contribution in [1.82, 2.24) is 14.5 Å². The fourth-order valence-corrected chi connectivity index (χ4v) is 4.94. The summed E-state index contributed by atoms with van der Waals surface area (Å²) in [6.07, 6.45) is 5.78. The van der Waals surface area contributed by atoms with E-state index in [4.69, 9.17) is 0 Å². The van der Waals surface area contributed by atoms with Gasteiger partial charge in [0, 0.05) is 29.5 Å². The van der Waals surface area contributed by atoms with Crippen LogP contribution < -0.4 is 0 Å². The monoisotopic (exact) mass is 395 g/mol. The molecular weight excluding hydrogens is 378 g/mol. The Labute approximate surface area is 179 Å². The van der Waals surface area contributed by atoms with E-state index < -0.39 is 0 Å². The van der Waals surface area contributed by atoms with Crippen LogP contribution in [0.5, 0.6) is 0 Å². The minimum Gasteiger partial charge on any atom is -0.285 e. The molecule has 2 heterocycles. The van der Waals surface area contributed by atoms with Gasteiger partial charge in [-0.25, -0.2) is 9.97 Å². The van der Waals surface area contributed by atoms with Gasteiger partial charge >= 0.3 is 0 Å². The maximum atomic E-state index is 4.52. The summed E-state index contributed by atoms with van der Waals surface area (Å²) in [5, 5.41) is 3.75. The number of aromatic nitrogens is 3. The number of nitrogens with zero attached hydrogens (tertiary/aromatic N) is 3. The number of benzene rings is 4. The van der Waals surface area contributed by atoms with E-state index >= 15 is 0 Å². The molecule has 0 bridgehead atoms. The van der Waals surface area contributed by atoms with E-state index in [2.05, 4.69) is 99.6 Å². The van der Waals surface area contributed by atoms with Gasteiger partial charge < -0.3 is 0 Å². The molecule has 3 heteroatoms. The topological polar surface area (TPSA) is 30.7 Å². The van der Waals surface area contributed by atoms with E-state index in [0.29, 0.717) is 5.95 Å². The molecule has 144 valence electrons. The third-order valence-electron chi connectivity index (χ3n) is 6.28. The van der Waals surface area contributed by atoms with E-state index in [1.165, 1.54) is 49.5 Å². The fraction of sp³-hybridized carbons (Fsp3) is 0. The highest BCUT2D eigenvalue weighted by molar-refractivity contribution is 6.15. The van der Waals surface area contributed by atoms with Crippen molar-refractivity contribution in [3.63, 3.8) is 0 Å². The lowest BCUT2D eigenvalue weighted by molar-refractivity contribution is 0.962. The standard InChI is InChI=1S/C28H17N3/c1-2-8-19-16-24-23(15-18(19)7-1)21-10-4-3-9-20(21)22-11-5-12-26-27(22)25(24)17-31(26)28-29-13-6-14-30-28/h1-17H. The Balaban J connectivity index is 1.69. The molecule has 1 aliphatic rings. The first kappa shape index (κ1) is 16.5. The Morgan fingerprint density at radius 1 is 0.516 bits per heavy atom.